The lowest BCUT2D eigenvalue weighted by Gasteiger charge is -2.08. The zero-order valence-corrected chi connectivity index (χ0v) is 17.3. The minimum atomic E-state index is -4.76. The Labute approximate surface area is 189 Å². The Bertz CT molecular complexity index is 1450. The van der Waals surface area contributed by atoms with Gasteiger partial charge in [0.2, 0.25) is 11.6 Å². The number of hydrogen-bond donors (Lipinski definition) is 0. The first kappa shape index (κ1) is 21.7. The van der Waals surface area contributed by atoms with Gasteiger partial charge in [-0.05, 0) is 29.8 Å². The van der Waals surface area contributed by atoms with E-state index in [1.807, 2.05) is 0 Å². The Kier molecular flexibility index (Phi) is 5.31. The van der Waals surface area contributed by atoms with Crippen molar-refractivity contribution in [3.8, 4) is 11.5 Å². The average Bonchev–Trinajstić information content (AvgIpc) is 3.39. The molecule has 0 amide bonds. The number of rotatable bonds is 5. The summed E-state index contributed by atoms with van der Waals surface area (Å²) in [6.45, 7) is -0.469. The molecule has 5 aromatic rings. The predicted octanol–water partition coefficient (Wildman–Crippen LogP) is 5.08. The molecule has 0 saturated heterocycles. The van der Waals surface area contributed by atoms with E-state index in [-0.39, 0.29) is 35.8 Å². The monoisotopic (exact) mass is 470 g/mol. The SMILES string of the molecule is Fc1cccc(F)c1Cn1nc(-c2nc(C(F)(F)F)n(Cc3ccccc3)n2)c2cccnc21. The molecule has 6 nitrogen and oxygen atoms in total. The van der Waals surface area contributed by atoms with Crippen LogP contribution in [0.2, 0.25) is 0 Å². The van der Waals surface area contributed by atoms with Crippen LogP contribution in [-0.2, 0) is 19.3 Å². The number of hydrogen-bond acceptors (Lipinski definition) is 4. The molecule has 0 N–H and O–H groups in total. The summed E-state index contributed by atoms with van der Waals surface area (Å²) < 4.78 is 71.6. The van der Waals surface area contributed by atoms with Crippen molar-refractivity contribution < 1.29 is 22.0 Å². The summed E-state index contributed by atoms with van der Waals surface area (Å²) in [6.07, 6.45) is -3.31. The van der Waals surface area contributed by atoms with Gasteiger partial charge in [-0.2, -0.15) is 18.3 Å². The van der Waals surface area contributed by atoms with Crippen molar-refractivity contribution in [3.05, 3.63) is 95.4 Å². The van der Waals surface area contributed by atoms with Crippen LogP contribution in [-0.4, -0.2) is 29.5 Å². The van der Waals surface area contributed by atoms with E-state index in [0.717, 1.165) is 16.8 Å². The first-order chi connectivity index (χ1) is 16.3. The van der Waals surface area contributed by atoms with Crippen molar-refractivity contribution in [2.75, 3.05) is 0 Å². The minimum Gasteiger partial charge on any atom is -0.242 e. The molecule has 0 unspecified atom stereocenters. The summed E-state index contributed by atoms with van der Waals surface area (Å²) in [5.41, 5.74) is 0.615. The summed E-state index contributed by atoms with van der Waals surface area (Å²) in [6, 6.07) is 15.2. The summed E-state index contributed by atoms with van der Waals surface area (Å²) in [7, 11) is 0. The van der Waals surface area contributed by atoms with Crippen LogP contribution in [0.1, 0.15) is 17.0 Å². The number of nitrogens with zero attached hydrogens (tertiary/aromatic N) is 6. The van der Waals surface area contributed by atoms with E-state index in [4.69, 9.17) is 0 Å². The molecule has 0 spiro atoms. The second-order valence-electron chi connectivity index (χ2n) is 7.48. The highest BCUT2D eigenvalue weighted by atomic mass is 19.4. The number of alkyl halides is 3. The van der Waals surface area contributed by atoms with Gasteiger partial charge in [-0.25, -0.2) is 28.1 Å². The Morgan fingerprint density at radius 2 is 1.50 bits per heavy atom. The Morgan fingerprint density at radius 1 is 0.765 bits per heavy atom. The first-order valence-electron chi connectivity index (χ1n) is 10.1. The highest BCUT2D eigenvalue weighted by Crippen LogP contribution is 2.32. The number of pyridine rings is 1. The molecule has 2 aromatic carbocycles. The fraction of sp³-hybridized carbons (Fsp3) is 0.130. The highest BCUT2D eigenvalue weighted by molar-refractivity contribution is 5.89. The van der Waals surface area contributed by atoms with Crippen LogP contribution in [0, 0.1) is 11.6 Å². The standard InChI is InChI=1S/C23H15F5N6/c24-17-9-4-10-18(25)16(17)13-33-21-15(8-5-11-29-21)19(31-33)20-30-22(23(26,27)28)34(32-20)12-14-6-2-1-3-7-14/h1-11H,12-13H2. The van der Waals surface area contributed by atoms with E-state index in [2.05, 4.69) is 20.2 Å². The summed E-state index contributed by atoms with van der Waals surface area (Å²) in [5.74, 6) is -3.00. The van der Waals surface area contributed by atoms with Crippen LogP contribution < -0.4 is 0 Å². The number of benzene rings is 2. The number of aromatic nitrogens is 6. The maximum absolute atomic E-state index is 14.2. The van der Waals surface area contributed by atoms with Crippen LogP contribution in [0.5, 0.6) is 0 Å². The van der Waals surface area contributed by atoms with E-state index < -0.39 is 23.6 Å². The molecule has 0 atom stereocenters. The zero-order valence-electron chi connectivity index (χ0n) is 17.3. The van der Waals surface area contributed by atoms with Gasteiger partial charge in [0.25, 0.3) is 0 Å². The normalized spacial score (nSPS) is 11.9. The van der Waals surface area contributed by atoms with Crippen molar-refractivity contribution in [1.82, 2.24) is 29.5 Å². The molecule has 3 heterocycles. The van der Waals surface area contributed by atoms with Gasteiger partial charge >= 0.3 is 6.18 Å². The van der Waals surface area contributed by atoms with Crippen LogP contribution in [0.3, 0.4) is 0 Å². The van der Waals surface area contributed by atoms with Gasteiger partial charge in [-0.15, -0.1) is 5.10 Å². The summed E-state index contributed by atoms with van der Waals surface area (Å²) >= 11 is 0. The van der Waals surface area contributed by atoms with E-state index in [1.54, 1.807) is 42.5 Å². The van der Waals surface area contributed by atoms with E-state index in [0.29, 0.717) is 10.9 Å². The largest absolute Gasteiger partial charge is 0.451 e. The van der Waals surface area contributed by atoms with Gasteiger partial charge in [0.15, 0.2) is 5.65 Å². The van der Waals surface area contributed by atoms with Crippen molar-refractivity contribution in [2.45, 2.75) is 19.3 Å². The van der Waals surface area contributed by atoms with Gasteiger partial charge in [0.05, 0.1) is 18.5 Å². The van der Waals surface area contributed by atoms with Crippen molar-refractivity contribution in [2.24, 2.45) is 0 Å². The molecule has 0 aliphatic heterocycles. The van der Waals surface area contributed by atoms with Gasteiger partial charge in [-0.3, -0.25) is 0 Å². The molecule has 0 aliphatic carbocycles. The van der Waals surface area contributed by atoms with Crippen molar-refractivity contribution in [1.29, 1.82) is 0 Å². The molecule has 0 aliphatic rings. The molecular formula is C23H15F5N6. The molecule has 0 bridgehead atoms. The third-order valence-electron chi connectivity index (χ3n) is 5.19. The Balaban J connectivity index is 1.62. The second-order valence-corrected chi connectivity index (χ2v) is 7.48. The molecule has 3 aromatic heterocycles. The van der Waals surface area contributed by atoms with Crippen LogP contribution in [0.15, 0.2) is 66.9 Å². The van der Waals surface area contributed by atoms with Crippen molar-refractivity contribution in [3.63, 3.8) is 0 Å². The van der Waals surface area contributed by atoms with Gasteiger partial charge in [-0.1, -0.05) is 36.4 Å². The second kappa shape index (κ2) is 8.32. The summed E-state index contributed by atoms with van der Waals surface area (Å²) in [5, 5.41) is 8.73. The lowest BCUT2D eigenvalue weighted by Crippen LogP contribution is -2.16. The highest BCUT2D eigenvalue weighted by Gasteiger charge is 2.38. The lowest BCUT2D eigenvalue weighted by atomic mass is 10.2. The maximum Gasteiger partial charge on any atom is 0.451 e. The molecule has 0 saturated carbocycles. The summed E-state index contributed by atoms with van der Waals surface area (Å²) in [4.78, 5) is 7.93. The molecule has 5 rings (SSSR count). The van der Waals surface area contributed by atoms with Crippen LogP contribution >= 0.6 is 0 Å². The third kappa shape index (κ3) is 4.00. The van der Waals surface area contributed by atoms with Gasteiger partial charge in [0, 0.05) is 11.8 Å². The Morgan fingerprint density at radius 3 is 2.21 bits per heavy atom. The van der Waals surface area contributed by atoms with Crippen LogP contribution in [0.25, 0.3) is 22.6 Å². The molecule has 11 heteroatoms. The van der Waals surface area contributed by atoms with E-state index >= 15 is 0 Å². The average molecular weight is 470 g/mol. The third-order valence-corrected chi connectivity index (χ3v) is 5.19. The smallest absolute Gasteiger partial charge is 0.242 e. The Hall–Kier alpha value is -4.15. The first-order valence-corrected chi connectivity index (χ1v) is 10.1. The molecule has 172 valence electrons. The molecule has 0 radical (unpaired) electrons. The van der Waals surface area contributed by atoms with E-state index in [9.17, 15) is 22.0 Å². The van der Waals surface area contributed by atoms with Gasteiger partial charge in [0.1, 0.15) is 17.3 Å². The fourth-order valence-corrected chi connectivity index (χ4v) is 3.64. The lowest BCUT2D eigenvalue weighted by molar-refractivity contribution is -0.147. The number of fused-ring (bicyclic) bond motifs is 1. The number of halogens is 5. The molecule has 34 heavy (non-hydrogen) atoms. The maximum atomic E-state index is 14.2. The quantitative estimate of drug-likeness (QED) is 0.336. The fourth-order valence-electron chi connectivity index (χ4n) is 3.64. The van der Waals surface area contributed by atoms with Crippen molar-refractivity contribution >= 4 is 11.0 Å². The molecular weight excluding hydrogens is 455 g/mol. The predicted molar refractivity (Wildman–Crippen MR) is 113 cm³/mol. The topological polar surface area (TPSA) is 61.4 Å². The van der Waals surface area contributed by atoms with E-state index in [1.165, 1.54) is 16.9 Å². The minimum absolute atomic E-state index is 0.0251. The zero-order chi connectivity index (χ0) is 23.9. The van der Waals surface area contributed by atoms with Crippen LogP contribution in [0.4, 0.5) is 22.0 Å². The van der Waals surface area contributed by atoms with Gasteiger partial charge < -0.3 is 0 Å². The molecule has 0 fully saturated rings.